The van der Waals surface area contributed by atoms with Gasteiger partial charge in [0, 0.05) is 4.47 Å². The van der Waals surface area contributed by atoms with Crippen LogP contribution in [0.4, 0.5) is 5.69 Å². The van der Waals surface area contributed by atoms with E-state index >= 15 is 0 Å². The largest absolute Gasteiger partial charge is 0.278 e. The summed E-state index contributed by atoms with van der Waals surface area (Å²) in [4.78, 5) is 0.0216. The molecule has 0 aromatic heterocycles. The van der Waals surface area contributed by atoms with Crippen LogP contribution in [0.25, 0.3) is 0 Å². The van der Waals surface area contributed by atoms with E-state index in [1.165, 1.54) is 36.4 Å². The summed E-state index contributed by atoms with van der Waals surface area (Å²) in [6.07, 6.45) is 0. The summed E-state index contributed by atoms with van der Waals surface area (Å²) in [7, 11) is -3.81. The highest BCUT2D eigenvalue weighted by molar-refractivity contribution is 9.10. The lowest BCUT2D eigenvalue weighted by Crippen LogP contribution is -2.13. The van der Waals surface area contributed by atoms with Gasteiger partial charge in [0.25, 0.3) is 10.0 Å². The molecule has 0 unspecified atom stereocenters. The van der Waals surface area contributed by atoms with E-state index in [4.69, 9.17) is 10.5 Å². The average Bonchev–Trinajstić information content (AvgIpc) is 2.49. The zero-order valence-corrected chi connectivity index (χ0v) is 12.9. The first kappa shape index (κ1) is 15.0. The molecule has 0 heterocycles. The minimum Gasteiger partial charge on any atom is -0.278 e. The molecule has 2 aromatic rings. The second kappa shape index (κ2) is 5.96. The third kappa shape index (κ3) is 3.40. The van der Waals surface area contributed by atoms with E-state index in [1.807, 2.05) is 12.1 Å². The summed E-state index contributed by atoms with van der Waals surface area (Å²) in [5.74, 6) is 0. The Labute approximate surface area is 130 Å². The molecule has 0 saturated heterocycles. The Morgan fingerprint density at radius 3 is 2.24 bits per heavy atom. The Hall–Kier alpha value is -2.35. The number of nitrogens with zero attached hydrogens (tertiary/aromatic N) is 2. The van der Waals surface area contributed by atoms with Gasteiger partial charge in [0.2, 0.25) is 0 Å². The first-order chi connectivity index (χ1) is 9.96. The van der Waals surface area contributed by atoms with Gasteiger partial charge in [-0.3, -0.25) is 4.72 Å². The van der Waals surface area contributed by atoms with Gasteiger partial charge in [-0.1, -0.05) is 15.9 Å². The second-order valence-corrected chi connectivity index (χ2v) is 6.64. The highest BCUT2D eigenvalue weighted by Crippen LogP contribution is 2.23. The molecular weight excluding hydrogens is 354 g/mol. The van der Waals surface area contributed by atoms with Crippen LogP contribution in [0, 0.1) is 22.7 Å². The molecule has 0 atom stereocenters. The molecule has 21 heavy (non-hydrogen) atoms. The highest BCUT2D eigenvalue weighted by atomic mass is 79.9. The molecule has 7 heteroatoms. The van der Waals surface area contributed by atoms with Crippen LogP contribution in [0.15, 0.2) is 51.8 Å². The summed E-state index contributed by atoms with van der Waals surface area (Å²) in [6.45, 7) is 0. The summed E-state index contributed by atoms with van der Waals surface area (Å²) >= 11 is 3.22. The molecule has 2 aromatic carbocycles. The van der Waals surface area contributed by atoms with Crippen LogP contribution < -0.4 is 4.72 Å². The maximum Gasteiger partial charge on any atom is 0.261 e. The molecule has 5 nitrogen and oxygen atoms in total. The minimum absolute atomic E-state index is 0.0216. The number of nitriles is 2. The van der Waals surface area contributed by atoms with Gasteiger partial charge in [-0.15, -0.1) is 0 Å². The van der Waals surface area contributed by atoms with Gasteiger partial charge in [0.1, 0.15) is 6.07 Å². The van der Waals surface area contributed by atoms with E-state index in [2.05, 4.69) is 20.7 Å². The van der Waals surface area contributed by atoms with E-state index in [0.717, 1.165) is 0 Å². The van der Waals surface area contributed by atoms with Gasteiger partial charge >= 0.3 is 0 Å². The third-order valence-electron chi connectivity index (χ3n) is 2.64. The fraction of sp³-hybridized carbons (Fsp3) is 0. The molecule has 0 aliphatic rings. The summed E-state index contributed by atoms with van der Waals surface area (Å²) in [6, 6.07) is 14.0. The summed E-state index contributed by atoms with van der Waals surface area (Å²) < 4.78 is 27.5. The van der Waals surface area contributed by atoms with Crippen LogP contribution in [0.1, 0.15) is 11.1 Å². The van der Waals surface area contributed by atoms with Crippen molar-refractivity contribution in [2.45, 2.75) is 4.90 Å². The van der Waals surface area contributed by atoms with Gasteiger partial charge in [-0.05, 0) is 42.5 Å². The Morgan fingerprint density at radius 1 is 1.00 bits per heavy atom. The van der Waals surface area contributed by atoms with E-state index in [0.29, 0.717) is 10.0 Å². The van der Waals surface area contributed by atoms with E-state index < -0.39 is 10.0 Å². The molecule has 0 radical (unpaired) electrons. The van der Waals surface area contributed by atoms with E-state index in [1.54, 1.807) is 6.07 Å². The Kier molecular flexibility index (Phi) is 4.27. The smallest absolute Gasteiger partial charge is 0.261 e. The van der Waals surface area contributed by atoms with Crippen LogP contribution in [0.2, 0.25) is 0 Å². The first-order valence-corrected chi connectivity index (χ1v) is 7.96. The first-order valence-electron chi connectivity index (χ1n) is 5.69. The lowest BCUT2D eigenvalue weighted by Gasteiger charge is -2.09. The number of hydrogen-bond donors (Lipinski definition) is 1. The van der Waals surface area contributed by atoms with Gasteiger partial charge in [0.15, 0.2) is 0 Å². The van der Waals surface area contributed by atoms with Crippen molar-refractivity contribution < 1.29 is 8.42 Å². The Balaban J connectivity index is 2.38. The Bertz CT molecular complexity index is 863. The lowest BCUT2D eigenvalue weighted by atomic mass is 10.2. The van der Waals surface area contributed by atoms with Crippen molar-refractivity contribution in [2.24, 2.45) is 0 Å². The molecular formula is C14H8BrN3O2S. The fourth-order valence-corrected chi connectivity index (χ4v) is 3.05. The van der Waals surface area contributed by atoms with Crippen LogP contribution in [0.5, 0.6) is 0 Å². The topological polar surface area (TPSA) is 93.8 Å². The van der Waals surface area contributed by atoms with Crippen molar-refractivity contribution in [1.82, 2.24) is 0 Å². The predicted octanol–water partition coefficient (Wildman–Crippen LogP) is 2.99. The quantitative estimate of drug-likeness (QED) is 0.908. The number of anilines is 1. The van der Waals surface area contributed by atoms with Crippen molar-refractivity contribution in [2.75, 3.05) is 4.72 Å². The molecule has 0 bridgehead atoms. The zero-order chi connectivity index (χ0) is 15.5. The predicted molar refractivity (Wildman–Crippen MR) is 80.8 cm³/mol. The Morgan fingerprint density at radius 2 is 1.67 bits per heavy atom. The van der Waals surface area contributed by atoms with Crippen LogP contribution >= 0.6 is 15.9 Å². The lowest BCUT2D eigenvalue weighted by molar-refractivity contribution is 0.601. The molecule has 0 fully saturated rings. The minimum atomic E-state index is -3.81. The van der Waals surface area contributed by atoms with Crippen LogP contribution in [-0.2, 0) is 10.0 Å². The van der Waals surface area contributed by atoms with Gasteiger partial charge in [-0.25, -0.2) is 8.42 Å². The number of nitrogens with one attached hydrogen (secondary N) is 1. The van der Waals surface area contributed by atoms with Gasteiger partial charge in [-0.2, -0.15) is 10.5 Å². The van der Waals surface area contributed by atoms with Crippen molar-refractivity contribution in [1.29, 1.82) is 10.5 Å². The normalized spacial score (nSPS) is 10.4. The number of benzene rings is 2. The van der Waals surface area contributed by atoms with E-state index in [9.17, 15) is 8.42 Å². The summed E-state index contributed by atoms with van der Waals surface area (Å²) in [5.41, 5.74) is 0.780. The molecule has 0 aliphatic carbocycles. The average molecular weight is 362 g/mol. The number of hydrogen-bond acceptors (Lipinski definition) is 4. The van der Waals surface area contributed by atoms with Crippen LogP contribution in [-0.4, -0.2) is 8.42 Å². The van der Waals surface area contributed by atoms with Crippen molar-refractivity contribution in [3.05, 3.63) is 58.1 Å². The van der Waals surface area contributed by atoms with E-state index in [-0.39, 0.29) is 16.1 Å². The number of sulfonamides is 1. The van der Waals surface area contributed by atoms with Crippen molar-refractivity contribution in [3.63, 3.8) is 0 Å². The zero-order valence-electron chi connectivity index (χ0n) is 10.5. The molecule has 104 valence electrons. The SMILES string of the molecule is N#Cc1ccc(S(=O)(=O)Nc2ccc(Br)cc2C#N)cc1. The number of halogens is 1. The standard InChI is InChI=1S/C14H8BrN3O2S/c15-12-3-6-14(11(7-12)9-17)18-21(19,20)13-4-1-10(8-16)2-5-13/h1-7,18H. The fourth-order valence-electron chi connectivity index (χ4n) is 1.61. The maximum absolute atomic E-state index is 12.2. The monoisotopic (exact) mass is 361 g/mol. The van der Waals surface area contributed by atoms with Crippen molar-refractivity contribution >= 4 is 31.6 Å². The second-order valence-electron chi connectivity index (χ2n) is 4.04. The molecule has 0 saturated carbocycles. The third-order valence-corrected chi connectivity index (χ3v) is 4.51. The molecule has 0 aliphatic heterocycles. The molecule has 2 rings (SSSR count). The summed E-state index contributed by atoms with van der Waals surface area (Å²) in [5, 5.41) is 17.7. The molecule has 0 amide bonds. The van der Waals surface area contributed by atoms with Gasteiger partial charge in [0.05, 0.1) is 27.8 Å². The number of rotatable bonds is 3. The highest BCUT2D eigenvalue weighted by Gasteiger charge is 2.16. The maximum atomic E-state index is 12.2. The molecule has 1 N–H and O–H groups in total. The van der Waals surface area contributed by atoms with Crippen LogP contribution in [0.3, 0.4) is 0 Å². The van der Waals surface area contributed by atoms with Crippen molar-refractivity contribution in [3.8, 4) is 12.1 Å². The van der Waals surface area contributed by atoms with Gasteiger partial charge < -0.3 is 0 Å². The molecule has 0 spiro atoms.